The molecule has 1 aromatic carbocycles. The van der Waals surface area contributed by atoms with Crippen molar-refractivity contribution in [3.05, 3.63) is 53.9 Å². The lowest BCUT2D eigenvalue weighted by atomic mass is 10.0. The fourth-order valence-electron chi connectivity index (χ4n) is 2.20. The summed E-state index contributed by atoms with van der Waals surface area (Å²) in [6, 6.07) is 9.34. The van der Waals surface area contributed by atoms with Gasteiger partial charge in [-0.3, -0.25) is 9.78 Å². The normalized spacial score (nSPS) is 17.4. The highest BCUT2D eigenvalue weighted by Gasteiger charge is 2.18. The number of carbonyl (C=O) groups excluding carboxylic acids is 1. The van der Waals surface area contributed by atoms with Gasteiger partial charge in [-0.1, -0.05) is 6.07 Å². The summed E-state index contributed by atoms with van der Waals surface area (Å²) >= 11 is 1.76. The Balaban J connectivity index is 1.82. The summed E-state index contributed by atoms with van der Waals surface area (Å²) in [7, 11) is 0. The van der Waals surface area contributed by atoms with Crippen LogP contribution in [0.15, 0.2) is 47.6 Å². The smallest absolute Gasteiger partial charge is 0.255 e. The van der Waals surface area contributed by atoms with Crippen molar-refractivity contribution in [2.45, 2.75) is 17.4 Å². The number of hydrogen-bond acceptors (Lipinski definition) is 4. The SMILES string of the molecule is N[C@H]1CCSc2cc(C(=O)Nc3ccncc3)ccc21. The standard InChI is InChI=1S/C15H15N3OS/c16-13-5-8-20-14-9-10(1-2-12(13)14)15(19)18-11-3-6-17-7-4-11/h1-4,6-7,9,13H,5,8,16H2,(H,17,18,19)/t13-/m0/s1. The Kier molecular flexibility index (Phi) is 3.71. The minimum absolute atomic E-state index is 0.0866. The van der Waals surface area contributed by atoms with E-state index in [9.17, 15) is 4.79 Å². The molecule has 0 unspecified atom stereocenters. The molecule has 3 N–H and O–H groups in total. The van der Waals surface area contributed by atoms with E-state index in [-0.39, 0.29) is 11.9 Å². The maximum absolute atomic E-state index is 12.2. The zero-order valence-electron chi connectivity index (χ0n) is 10.9. The molecule has 0 spiro atoms. The number of nitrogens with one attached hydrogen (secondary N) is 1. The van der Waals surface area contributed by atoms with Gasteiger partial charge in [0.05, 0.1) is 0 Å². The Bertz CT molecular complexity index is 630. The lowest BCUT2D eigenvalue weighted by molar-refractivity contribution is 0.102. The molecule has 1 amide bonds. The lowest BCUT2D eigenvalue weighted by Gasteiger charge is -2.22. The molecule has 102 valence electrons. The maximum Gasteiger partial charge on any atom is 0.255 e. The molecule has 0 aliphatic carbocycles. The molecule has 0 fully saturated rings. The van der Waals surface area contributed by atoms with Gasteiger partial charge in [-0.25, -0.2) is 0 Å². The van der Waals surface area contributed by atoms with E-state index in [1.165, 1.54) is 0 Å². The van der Waals surface area contributed by atoms with E-state index in [1.807, 2.05) is 18.2 Å². The van der Waals surface area contributed by atoms with Gasteiger partial charge in [0.25, 0.3) is 5.91 Å². The Morgan fingerprint density at radius 1 is 1.30 bits per heavy atom. The van der Waals surface area contributed by atoms with Gasteiger partial charge < -0.3 is 11.1 Å². The minimum atomic E-state index is -0.112. The van der Waals surface area contributed by atoms with E-state index in [0.717, 1.165) is 28.3 Å². The third-order valence-corrected chi connectivity index (χ3v) is 4.40. The number of rotatable bonds is 2. The first kappa shape index (κ1) is 13.1. The van der Waals surface area contributed by atoms with E-state index >= 15 is 0 Å². The molecule has 5 heteroatoms. The van der Waals surface area contributed by atoms with Crippen LogP contribution in [0.25, 0.3) is 0 Å². The van der Waals surface area contributed by atoms with E-state index in [0.29, 0.717) is 5.56 Å². The predicted molar refractivity (Wildman–Crippen MR) is 80.9 cm³/mol. The van der Waals surface area contributed by atoms with Crippen LogP contribution in [0.5, 0.6) is 0 Å². The number of nitrogens with two attached hydrogens (primary N) is 1. The van der Waals surface area contributed by atoms with E-state index in [2.05, 4.69) is 10.3 Å². The van der Waals surface area contributed by atoms with Crippen molar-refractivity contribution in [1.82, 2.24) is 4.98 Å². The highest BCUT2D eigenvalue weighted by Crippen LogP contribution is 2.35. The predicted octanol–water partition coefficient (Wildman–Crippen LogP) is 2.83. The average Bonchev–Trinajstić information content (AvgIpc) is 2.48. The average molecular weight is 285 g/mol. The molecule has 0 bridgehead atoms. The third kappa shape index (κ3) is 2.69. The van der Waals surface area contributed by atoms with Crippen LogP contribution in [0, 0.1) is 0 Å². The highest BCUT2D eigenvalue weighted by atomic mass is 32.2. The molecule has 1 aromatic heterocycles. The van der Waals surface area contributed by atoms with Gasteiger partial charge in [0.15, 0.2) is 0 Å². The van der Waals surface area contributed by atoms with Gasteiger partial charge in [0.1, 0.15) is 0 Å². The molecule has 1 atom stereocenters. The van der Waals surface area contributed by atoms with Gasteiger partial charge in [0.2, 0.25) is 0 Å². The second-order valence-electron chi connectivity index (χ2n) is 4.69. The monoisotopic (exact) mass is 285 g/mol. The number of anilines is 1. The molecule has 3 rings (SSSR count). The number of benzene rings is 1. The zero-order valence-corrected chi connectivity index (χ0v) is 11.7. The molecule has 0 radical (unpaired) electrons. The van der Waals surface area contributed by atoms with E-state index < -0.39 is 0 Å². The van der Waals surface area contributed by atoms with Crippen LogP contribution in [0.1, 0.15) is 28.4 Å². The Labute approximate surface area is 121 Å². The van der Waals surface area contributed by atoms with Crippen molar-refractivity contribution in [2.75, 3.05) is 11.1 Å². The van der Waals surface area contributed by atoms with Crippen molar-refractivity contribution in [3.63, 3.8) is 0 Å². The second kappa shape index (κ2) is 5.64. The van der Waals surface area contributed by atoms with E-state index in [1.54, 1.807) is 36.3 Å². The number of nitrogens with zero attached hydrogens (tertiary/aromatic N) is 1. The van der Waals surface area contributed by atoms with Gasteiger partial charge >= 0.3 is 0 Å². The van der Waals surface area contributed by atoms with Crippen LogP contribution >= 0.6 is 11.8 Å². The van der Waals surface area contributed by atoms with Gasteiger partial charge in [-0.2, -0.15) is 0 Å². The molecule has 0 saturated heterocycles. The van der Waals surface area contributed by atoms with Crippen LogP contribution in [-0.2, 0) is 0 Å². The summed E-state index contributed by atoms with van der Waals surface area (Å²) in [6.45, 7) is 0. The Morgan fingerprint density at radius 2 is 2.10 bits per heavy atom. The van der Waals surface area contributed by atoms with E-state index in [4.69, 9.17) is 5.73 Å². The highest BCUT2D eigenvalue weighted by molar-refractivity contribution is 7.99. The first-order chi connectivity index (χ1) is 9.74. The first-order valence-corrected chi connectivity index (χ1v) is 7.46. The largest absolute Gasteiger partial charge is 0.324 e. The summed E-state index contributed by atoms with van der Waals surface area (Å²) in [5.41, 5.74) is 8.61. The first-order valence-electron chi connectivity index (χ1n) is 6.48. The quantitative estimate of drug-likeness (QED) is 0.890. The summed E-state index contributed by atoms with van der Waals surface area (Å²) in [4.78, 5) is 17.2. The molecule has 2 heterocycles. The number of aromatic nitrogens is 1. The number of amides is 1. The summed E-state index contributed by atoms with van der Waals surface area (Å²) in [5, 5.41) is 2.86. The lowest BCUT2D eigenvalue weighted by Crippen LogP contribution is -2.17. The maximum atomic E-state index is 12.2. The van der Waals surface area contributed by atoms with Crippen molar-refractivity contribution in [1.29, 1.82) is 0 Å². The number of pyridine rings is 1. The summed E-state index contributed by atoms with van der Waals surface area (Å²) in [5.74, 6) is 0.891. The fourth-order valence-corrected chi connectivity index (χ4v) is 3.38. The van der Waals surface area contributed by atoms with Crippen LogP contribution in [0.4, 0.5) is 5.69 Å². The van der Waals surface area contributed by atoms with Crippen molar-refractivity contribution >= 4 is 23.4 Å². The molecule has 0 saturated carbocycles. The van der Waals surface area contributed by atoms with Gasteiger partial charge in [-0.05, 0) is 42.0 Å². The molecule has 20 heavy (non-hydrogen) atoms. The number of hydrogen-bond donors (Lipinski definition) is 2. The molecule has 1 aliphatic heterocycles. The molecular weight excluding hydrogens is 270 g/mol. The zero-order chi connectivity index (χ0) is 13.9. The number of carbonyl (C=O) groups is 1. The minimum Gasteiger partial charge on any atom is -0.324 e. The van der Waals surface area contributed by atoms with Crippen LogP contribution in [0.3, 0.4) is 0 Å². The van der Waals surface area contributed by atoms with Crippen LogP contribution < -0.4 is 11.1 Å². The molecule has 2 aromatic rings. The summed E-state index contributed by atoms with van der Waals surface area (Å²) < 4.78 is 0. The third-order valence-electron chi connectivity index (χ3n) is 3.30. The molecule has 4 nitrogen and oxygen atoms in total. The Hall–Kier alpha value is -1.85. The topological polar surface area (TPSA) is 68.0 Å². The van der Waals surface area contributed by atoms with Gasteiger partial charge in [0, 0.05) is 34.6 Å². The summed E-state index contributed by atoms with van der Waals surface area (Å²) in [6.07, 6.45) is 4.29. The number of thioether (sulfide) groups is 1. The van der Waals surface area contributed by atoms with Crippen molar-refractivity contribution < 1.29 is 4.79 Å². The van der Waals surface area contributed by atoms with Crippen molar-refractivity contribution in [2.24, 2.45) is 5.73 Å². The van der Waals surface area contributed by atoms with Crippen LogP contribution in [-0.4, -0.2) is 16.6 Å². The van der Waals surface area contributed by atoms with Gasteiger partial charge in [-0.15, -0.1) is 11.8 Å². The molecule has 1 aliphatic rings. The van der Waals surface area contributed by atoms with Crippen molar-refractivity contribution in [3.8, 4) is 0 Å². The van der Waals surface area contributed by atoms with Crippen LogP contribution in [0.2, 0.25) is 0 Å². The fraction of sp³-hybridized carbons (Fsp3) is 0.200. The second-order valence-corrected chi connectivity index (χ2v) is 5.82. The molecular formula is C15H15N3OS. The Morgan fingerprint density at radius 3 is 2.90 bits per heavy atom. The number of fused-ring (bicyclic) bond motifs is 1.